The van der Waals surface area contributed by atoms with Crippen molar-refractivity contribution in [2.24, 2.45) is 5.92 Å². The molecule has 3 N–H and O–H groups in total. The lowest BCUT2D eigenvalue weighted by molar-refractivity contribution is -0.158. The summed E-state index contributed by atoms with van der Waals surface area (Å²) in [6, 6.07) is -0.812. The molecule has 2 saturated heterocycles. The highest BCUT2D eigenvalue weighted by Crippen LogP contribution is 2.27. The molecule has 188 valence electrons. The molecule has 0 saturated carbocycles. The number of nitrogens with one attached hydrogen (secondary N) is 1. The molecule has 0 aromatic carbocycles. The van der Waals surface area contributed by atoms with E-state index in [1.807, 2.05) is 13.8 Å². The fraction of sp³-hybridized carbons (Fsp3) is 0.952. The third kappa shape index (κ3) is 13.0. The number of likely N-dealkylation sites (tertiary alicyclic amines) is 1. The quantitative estimate of drug-likeness (QED) is 0.400. The van der Waals surface area contributed by atoms with Crippen LogP contribution in [0, 0.1) is 5.92 Å². The number of aliphatic hydroxyl groups is 2. The topological polar surface area (TPSA) is 116 Å². The minimum atomic E-state index is -3.54. The van der Waals surface area contributed by atoms with Gasteiger partial charge in [-0.2, -0.15) is 0 Å². The molecule has 0 spiro atoms. The van der Waals surface area contributed by atoms with Crippen LogP contribution in [0.1, 0.15) is 60.8 Å². The van der Waals surface area contributed by atoms with E-state index in [0.717, 1.165) is 12.2 Å². The van der Waals surface area contributed by atoms with Gasteiger partial charge in [-0.25, -0.2) is 8.42 Å². The Morgan fingerprint density at radius 2 is 1.81 bits per heavy atom. The van der Waals surface area contributed by atoms with Crippen molar-refractivity contribution < 1.29 is 28.2 Å². The van der Waals surface area contributed by atoms with Crippen LogP contribution in [0.4, 0.5) is 0 Å². The molecule has 0 aromatic heterocycles. The zero-order valence-corrected chi connectivity index (χ0v) is 22.0. The number of alkyl halides is 1. The number of aliphatic hydroxyl groups excluding tert-OH is 2. The molecule has 10 heteroatoms. The second kappa shape index (κ2) is 17.1. The summed E-state index contributed by atoms with van der Waals surface area (Å²) in [5.74, 6) is 0.949. The summed E-state index contributed by atoms with van der Waals surface area (Å²) in [6.07, 6.45) is 0.113. The van der Waals surface area contributed by atoms with Gasteiger partial charge in [0.15, 0.2) is 15.3 Å². The van der Waals surface area contributed by atoms with Gasteiger partial charge in [-0.15, -0.1) is 11.6 Å². The van der Waals surface area contributed by atoms with Crippen molar-refractivity contribution in [1.29, 1.82) is 0 Å². The number of halogens is 1. The number of amides is 1. The molecule has 31 heavy (non-hydrogen) atoms. The molecular formula is C21H45ClN2O6S. The summed E-state index contributed by atoms with van der Waals surface area (Å²) in [6.45, 7) is 14.7. The average Bonchev–Trinajstić information content (AvgIpc) is 3.06. The largest absolute Gasteiger partial charge is 0.390 e. The number of hydrogen-bond donors (Lipinski definition) is 3. The summed E-state index contributed by atoms with van der Waals surface area (Å²) >= 11 is 5.89. The second-order valence-electron chi connectivity index (χ2n) is 8.00. The Balaban J connectivity index is 0. The Morgan fingerprint density at radius 3 is 2.10 bits per heavy atom. The van der Waals surface area contributed by atoms with E-state index in [1.165, 1.54) is 25.9 Å². The third-order valence-electron chi connectivity index (χ3n) is 4.69. The number of carbonyl (C=O) groups is 1. The maximum Gasteiger partial charge on any atom is 0.207 e. The van der Waals surface area contributed by atoms with E-state index >= 15 is 0 Å². The summed E-state index contributed by atoms with van der Waals surface area (Å²) in [4.78, 5) is 12.9. The molecule has 0 bridgehead atoms. The van der Waals surface area contributed by atoms with Gasteiger partial charge < -0.3 is 25.2 Å². The van der Waals surface area contributed by atoms with Crippen LogP contribution in [0.2, 0.25) is 0 Å². The van der Waals surface area contributed by atoms with Crippen molar-refractivity contribution in [3.05, 3.63) is 0 Å². The summed E-state index contributed by atoms with van der Waals surface area (Å²) in [7, 11) is -1.36. The highest BCUT2D eigenvalue weighted by molar-refractivity contribution is 7.91. The van der Waals surface area contributed by atoms with E-state index in [2.05, 4.69) is 38.0 Å². The van der Waals surface area contributed by atoms with Crippen LogP contribution in [-0.2, 0) is 19.4 Å². The Morgan fingerprint density at radius 1 is 1.29 bits per heavy atom. The van der Waals surface area contributed by atoms with Gasteiger partial charge in [-0.3, -0.25) is 4.79 Å². The first kappa shape index (κ1) is 32.7. The van der Waals surface area contributed by atoms with Gasteiger partial charge in [-0.1, -0.05) is 41.0 Å². The summed E-state index contributed by atoms with van der Waals surface area (Å²) in [5.41, 5.74) is -1.23. The minimum absolute atomic E-state index is 0.221. The maximum absolute atomic E-state index is 11.5. The third-order valence-corrected chi connectivity index (χ3v) is 6.22. The van der Waals surface area contributed by atoms with Crippen LogP contribution in [0.5, 0.6) is 0 Å². The van der Waals surface area contributed by atoms with Gasteiger partial charge in [0.25, 0.3) is 0 Å². The summed E-state index contributed by atoms with van der Waals surface area (Å²) < 4.78 is 28.3. The maximum atomic E-state index is 11.5. The fourth-order valence-corrected chi connectivity index (χ4v) is 4.26. The first-order valence-corrected chi connectivity index (χ1v) is 13.5. The van der Waals surface area contributed by atoms with E-state index in [1.54, 1.807) is 6.92 Å². The minimum Gasteiger partial charge on any atom is -0.390 e. The molecule has 2 fully saturated rings. The predicted molar refractivity (Wildman–Crippen MR) is 127 cm³/mol. The zero-order valence-electron chi connectivity index (χ0n) is 20.4. The number of sulfone groups is 1. The van der Waals surface area contributed by atoms with E-state index in [-0.39, 0.29) is 6.42 Å². The average molecular weight is 489 g/mol. The summed E-state index contributed by atoms with van der Waals surface area (Å²) in [5, 5.41) is 21.4. The lowest BCUT2D eigenvalue weighted by Gasteiger charge is -2.40. The van der Waals surface area contributed by atoms with Crippen LogP contribution in [0.15, 0.2) is 0 Å². The van der Waals surface area contributed by atoms with Crippen LogP contribution < -0.4 is 5.32 Å². The molecule has 2 aliphatic heterocycles. The highest BCUT2D eigenvalue weighted by Gasteiger charge is 2.45. The molecule has 1 amide bonds. The van der Waals surface area contributed by atoms with Gasteiger partial charge >= 0.3 is 0 Å². The van der Waals surface area contributed by atoms with Crippen molar-refractivity contribution in [2.45, 2.75) is 96.0 Å². The van der Waals surface area contributed by atoms with Crippen LogP contribution in [0.25, 0.3) is 0 Å². The van der Waals surface area contributed by atoms with Crippen molar-refractivity contribution in [3.8, 4) is 0 Å². The molecule has 6 unspecified atom stereocenters. The van der Waals surface area contributed by atoms with E-state index in [0.29, 0.717) is 6.41 Å². The molecule has 7 atom stereocenters. The first-order chi connectivity index (χ1) is 14.4. The van der Waals surface area contributed by atoms with E-state index < -0.39 is 45.0 Å². The van der Waals surface area contributed by atoms with Crippen molar-refractivity contribution in [1.82, 2.24) is 10.2 Å². The smallest absolute Gasteiger partial charge is 0.207 e. The normalized spacial score (nSPS) is 30.2. The van der Waals surface area contributed by atoms with Crippen molar-refractivity contribution in [2.75, 3.05) is 26.4 Å². The lowest BCUT2D eigenvalue weighted by atomic mass is 9.95. The SMILES string of the molecule is CC.CC(Cl)C(NC=O)C1O[C@H](S(C)(=O)=O)CC(O)C1O.CC1CCN(C)C1.CCC. The standard InChI is InChI=1S/C10H18ClNO6S.C6H13N.C3H8.C2H6/c1-5(11)8(12-4-13)10-9(15)6(14)3-7(18-10)19(2,16)17;1-6-3-4-7(2)5-6;1-3-2;1-2/h4-10,14-15H,3H2,1-2H3,(H,12,13);6H,3-5H2,1-2H3;3H2,1-2H3;1-2H3/t5?,6?,7-,8?,9?,10?;;;/m1.../s1. The van der Waals surface area contributed by atoms with Crippen LogP contribution in [-0.4, -0.2) is 91.5 Å². The van der Waals surface area contributed by atoms with Crippen molar-refractivity contribution >= 4 is 27.8 Å². The van der Waals surface area contributed by atoms with Gasteiger partial charge in [0, 0.05) is 19.2 Å². The number of nitrogens with zero attached hydrogens (tertiary/aromatic N) is 1. The first-order valence-electron chi connectivity index (χ1n) is 11.1. The lowest BCUT2D eigenvalue weighted by Crippen LogP contribution is -2.60. The van der Waals surface area contributed by atoms with Crippen LogP contribution in [0.3, 0.4) is 0 Å². The zero-order chi connectivity index (χ0) is 24.8. The molecule has 0 aliphatic carbocycles. The number of rotatable bonds is 5. The van der Waals surface area contributed by atoms with Gasteiger partial charge in [-0.05, 0) is 32.9 Å². The molecule has 2 heterocycles. The molecule has 2 aliphatic rings. The van der Waals surface area contributed by atoms with Gasteiger partial charge in [0.2, 0.25) is 6.41 Å². The van der Waals surface area contributed by atoms with E-state index in [9.17, 15) is 23.4 Å². The molecular weight excluding hydrogens is 444 g/mol. The Kier molecular flexibility index (Phi) is 18.0. The second-order valence-corrected chi connectivity index (χ2v) is 10.9. The molecule has 0 aromatic rings. The fourth-order valence-electron chi connectivity index (χ4n) is 3.16. The predicted octanol–water partition coefficient (Wildman–Crippen LogP) is 2.01. The number of hydrogen-bond acceptors (Lipinski definition) is 7. The molecule has 8 nitrogen and oxygen atoms in total. The monoisotopic (exact) mass is 488 g/mol. The number of ether oxygens (including phenoxy) is 1. The van der Waals surface area contributed by atoms with Gasteiger partial charge in [0.1, 0.15) is 12.2 Å². The Bertz CT molecular complexity index is 556. The van der Waals surface area contributed by atoms with Gasteiger partial charge in [0.05, 0.1) is 17.5 Å². The Labute approximate surface area is 194 Å². The Hall–Kier alpha value is -0.450. The molecule has 0 radical (unpaired) electrons. The molecule has 2 rings (SSSR count). The van der Waals surface area contributed by atoms with Crippen LogP contribution >= 0.6 is 11.6 Å². The van der Waals surface area contributed by atoms with Crippen molar-refractivity contribution in [3.63, 3.8) is 0 Å². The number of carbonyl (C=O) groups excluding carboxylic acids is 1. The van der Waals surface area contributed by atoms with E-state index in [4.69, 9.17) is 16.3 Å². The highest BCUT2D eigenvalue weighted by atomic mass is 35.5.